The standard InChI is InChI=1S/C25H30N6O/c1-17-12-19(26)16-31(15-17)24-8-9-27-14-23(24)29-25(32)21-7-5-18-4-6-20(13-22(18)28-21)30-10-2-3-11-30/h4-9,13-14,17,19H,2-3,10-12,15-16,26H2,1H3,(H,29,32). The van der Waals surface area contributed by atoms with Crippen molar-refractivity contribution in [3.05, 3.63) is 54.5 Å². The fourth-order valence-corrected chi connectivity index (χ4v) is 4.95. The van der Waals surface area contributed by atoms with Crippen LogP contribution >= 0.6 is 0 Å². The van der Waals surface area contributed by atoms with Crippen LogP contribution in [0.25, 0.3) is 10.9 Å². The van der Waals surface area contributed by atoms with Gasteiger partial charge in [-0.3, -0.25) is 9.78 Å². The van der Waals surface area contributed by atoms with Gasteiger partial charge in [0.1, 0.15) is 5.69 Å². The Morgan fingerprint density at radius 2 is 1.91 bits per heavy atom. The summed E-state index contributed by atoms with van der Waals surface area (Å²) >= 11 is 0. The number of benzene rings is 1. The molecule has 2 fully saturated rings. The van der Waals surface area contributed by atoms with Crippen molar-refractivity contribution in [3.63, 3.8) is 0 Å². The van der Waals surface area contributed by atoms with Crippen molar-refractivity contribution in [1.82, 2.24) is 9.97 Å². The smallest absolute Gasteiger partial charge is 0.274 e. The normalized spacial score (nSPS) is 21.2. The third kappa shape index (κ3) is 4.25. The van der Waals surface area contributed by atoms with Gasteiger partial charge in [-0.15, -0.1) is 0 Å². The van der Waals surface area contributed by atoms with Crippen LogP contribution in [0.4, 0.5) is 17.1 Å². The molecule has 2 saturated heterocycles. The summed E-state index contributed by atoms with van der Waals surface area (Å²) in [5, 5.41) is 4.06. The van der Waals surface area contributed by atoms with E-state index in [-0.39, 0.29) is 11.9 Å². The maximum atomic E-state index is 13.1. The van der Waals surface area contributed by atoms with Crippen LogP contribution in [0.3, 0.4) is 0 Å². The fraction of sp³-hybridized carbons (Fsp3) is 0.400. The fourth-order valence-electron chi connectivity index (χ4n) is 4.95. The number of hydrogen-bond donors (Lipinski definition) is 2. The third-order valence-electron chi connectivity index (χ3n) is 6.46. The van der Waals surface area contributed by atoms with Crippen molar-refractivity contribution in [2.24, 2.45) is 11.7 Å². The second kappa shape index (κ2) is 8.74. The Bertz CT molecular complexity index is 1120. The summed E-state index contributed by atoms with van der Waals surface area (Å²) in [6.07, 6.45) is 6.92. The molecule has 2 aliphatic heterocycles. The average Bonchev–Trinajstić information content (AvgIpc) is 3.33. The minimum atomic E-state index is -0.234. The third-order valence-corrected chi connectivity index (χ3v) is 6.46. The first kappa shape index (κ1) is 20.7. The molecule has 32 heavy (non-hydrogen) atoms. The minimum absolute atomic E-state index is 0.127. The zero-order valence-electron chi connectivity index (χ0n) is 18.5. The summed E-state index contributed by atoms with van der Waals surface area (Å²) in [6.45, 7) is 6.04. The quantitative estimate of drug-likeness (QED) is 0.657. The molecule has 1 amide bonds. The summed E-state index contributed by atoms with van der Waals surface area (Å²) < 4.78 is 0. The molecule has 7 nitrogen and oxygen atoms in total. The summed E-state index contributed by atoms with van der Waals surface area (Å²) in [6, 6.07) is 12.1. The van der Waals surface area contributed by atoms with Crippen LogP contribution in [0.2, 0.25) is 0 Å². The molecule has 2 aliphatic rings. The van der Waals surface area contributed by atoms with E-state index in [1.54, 1.807) is 18.5 Å². The van der Waals surface area contributed by atoms with Crippen molar-refractivity contribution in [1.29, 1.82) is 0 Å². The first-order valence-electron chi connectivity index (χ1n) is 11.5. The number of rotatable bonds is 4. The van der Waals surface area contributed by atoms with Gasteiger partial charge in [-0.1, -0.05) is 19.1 Å². The SMILES string of the molecule is CC1CC(N)CN(c2ccncc2NC(=O)c2ccc3ccc(N4CCCC4)cc3n2)C1. The van der Waals surface area contributed by atoms with E-state index >= 15 is 0 Å². The van der Waals surface area contributed by atoms with Gasteiger partial charge in [0, 0.05) is 49.5 Å². The predicted octanol–water partition coefficient (Wildman–Crippen LogP) is 3.66. The molecule has 0 radical (unpaired) electrons. The van der Waals surface area contributed by atoms with Gasteiger partial charge in [-0.05, 0) is 49.4 Å². The number of nitrogens with one attached hydrogen (secondary N) is 1. The minimum Gasteiger partial charge on any atom is -0.371 e. The van der Waals surface area contributed by atoms with Crippen molar-refractivity contribution >= 4 is 33.9 Å². The lowest BCUT2D eigenvalue weighted by atomic mass is 9.96. The van der Waals surface area contributed by atoms with Gasteiger partial charge in [0.25, 0.3) is 5.91 Å². The van der Waals surface area contributed by atoms with E-state index in [4.69, 9.17) is 5.73 Å². The van der Waals surface area contributed by atoms with Gasteiger partial charge in [-0.25, -0.2) is 4.98 Å². The first-order chi connectivity index (χ1) is 15.6. The monoisotopic (exact) mass is 430 g/mol. The number of fused-ring (bicyclic) bond motifs is 1. The Kier molecular flexibility index (Phi) is 5.66. The van der Waals surface area contributed by atoms with Gasteiger partial charge in [0.2, 0.25) is 0 Å². The predicted molar refractivity (Wildman–Crippen MR) is 129 cm³/mol. The maximum Gasteiger partial charge on any atom is 0.274 e. The molecule has 0 saturated carbocycles. The van der Waals surface area contributed by atoms with Crippen LogP contribution < -0.4 is 20.9 Å². The molecule has 2 atom stereocenters. The largest absolute Gasteiger partial charge is 0.371 e. The van der Waals surface area contributed by atoms with E-state index in [0.29, 0.717) is 17.3 Å². The number of carbonyl (C=O) groups excluding carboxylic acids is 1. The van der Waals surface area contributed by atoms with E-state index in [1.165, 1.54) is 18.5 Å². The van der Waals surface area contributed by atoms with Crippen LogP contribution in [-0.2, 0) is 0 Å². The van der Waals surface area contributed by atoms with Gasteiger partial charge in [0.15, 0.2) is 0 Å². The highest BCUT2D eigenvalue weighted by molar-refractivity contribution is 6.05. The number of nitrogens with two attached hydrogens (primary N) is 1. The van der Waals surface area contributed by atoms with Crippen LogP contribution in [0.5, 0.6) is 0 Å². The maximum absolute atomic E-state index is 13.1. The summed E-state index contributed by atoms with van der Waals surface area (Å²) in [7, 11) is 0. The van der Waals surface area contributed by atoms with Gasteiger partial charge >= 0.3 is 0 Å². The number of amides is 1. The number of carbonyl (C=O) groups is 1. The average molecular weight is 431 g/mol. The molecule has 7 heteroatoms. The van der Waals surface area contributed by atoms with E-state index in [9.17, 15) is 4.79 Å². The molecule has 0 bridgehead atoms. The molecular weight excluding hydrogens is 400 g/mol. The zero-order chi connectivity index (χ0) is 22.1. The number of piperidine rings is 1. The van der Waals surface area contributed by atoms with Crippen LogP contribution in [-0.4, -0.2) is 48.1 Å². The molecule has 2 unspecified atom stereocenters. The topological polar surface area (TPSA) is 87.4 Å². The Balaban J connectivity index is 1.39. The summed E-state index contributed by atoms with van der Waals surface area (Å²) in [5.74, 6) is 0.268. The van der Waals surface area contributed by atoms with Crippen LogP contribution in [0.1, 0.15) is 36.7 Å². The number of anilines is 3. The van der Waals surface area contributed by atoms with Gasteiger partial charge in [0.05, 0.1) is 23.1 Å². The molecular formula is C25H30N6O. The number of aromatic nitrogens is 2. The highest BCUT2D eigenvalue weighted by atomic mass is 16.1. The molecule has 2 aromatic heterocycles. The van der Waals surface area contributed by atoms with Crippen molar-refractivity contribution < 1.29 is 4.79 Å². The van der Waals surface area contributed by atoms with Crippen molar-refractivity contribution in [3.8, 4) is 0 Å². The number of pyridine rings is 2. The highest BCUT2D eigenvalue weighted by Crippen LogP contribution is 2.29. The summed E-state index contributed by atoms with van der Waals surface area (Å²) in [4.78, 5) is 26.6. The van der Waals surface area contributed by atoms with E-state index in [1.807, 2.05) is 12.1 Å². The molecule has 1 aromatic carbocycles. The zero-order valence-corrected chi connectivity index (χ0v) is 18.5. The van der Waals surface area contributed by atoms with Crippen molar-refractivity contribution in [2.75, 3.05) is 41.3 Å². The lowest BCUT2D eigenvalue weighted by Gasteiger charge is -2.37. The Hall–Kier alpha value is -3.19. The molecule has 0 spiro atoms. The molecule has 0 aliphatic carbocycles. The van der Waals surface area contributed by atoms with E-state index in [0.717, 1.165) is 49.2 Å². The molecule has 3 N–H and O–H groups in total. The molecule has 166 valence electrons. The van der Waals surface area contributed by atoms with Gasteiger partial charge < -0.3 is 20.9 Å². The second-order valence-corrected chi connectivity index (χ2v) is 9.12. The number of hydrogen-bond acceptors (Lipinski definition) is 6. The van der Waals surface area contributed by atoms with E-state index in [2.05, 4.69) is 50.2 Å². The Morgan fingerprint density at radius 1 is 1.09 bits per heavy atom. The molecule has 4 heterocycles. The van der Waals surface area contributed by atoms with Gasteiger partial charge in [-0.2, -0.15) is 0 Å². The van der Waals surface area contributed by atoms with E-state index < -0.39 is 0 Å². The van der Waals surface area contributed by atoms with Crippen LogP contribution in [0.15, 0.2) is 48.8 Å². The van der Waals surface area contributed by atoms with Crippen LogP contribution in [0, 0.1) is 5.92 Å². The highest BCUT2D eigenvalue weighted by Gasteiger charge is 2.24. The Labute approximate surface area is 188 Å². The first-order valence-corrected chi connectivity index (χ1v) is 11.5. The molecule has 5 rings (SSSR count). The van der Waals surface area contributed by atoms with Crippen molar-refractivity contribution in [2.45, 2.75) is 32.2 Å². The molecule has 3 aromatic rings. The lowest BCUT2D eigenvalue weighted by molar-refractivity contribution is 0.102. The summed E-state index contributed by atoms with van der Waals surface area (Å²) in [5.41, 5.74) is 10.3. The lowest BCUT2D eigenvalue weighted by Crippen LogP contribution is -2.46. The second-order valence-electron chi connectivity index (χ2n) is 9.12. The Morgan fingerprint density at radius 3 is 2.72 bits per heavy atom. The number of nitrogens with zero attached hydrogens (tertiary/aromatic N) is 4.